The summed E-state index contributed by atoms with van der Waals surface area (Å²) in [5.41, 5.74) is 0. The molecular weight excluding hydrogens is 184 g/mol. The molecule has 1 aromatic rings. The van der Waals surface area contributed by atoms with E-state index in [-0.39, 0.29) is 10.9 Å². The highest BCUT2D eigenvalue weighted by Crippen LogP contribution is 2.14. The van der Waals surface area contributed by atoms with E-state index in [1.807, 2.05) is 18.2 Å². The Labute approximate surface area is 81.6 Å². The fourth-order valence-corrected chi connectivity index (χ4v) is 1.06. The number of carbonyl (C=O) groups is 1. The monoisotopic (exact) mass is 194 g/mol. The molecule has 0 aromatic heterocycles. The van der Waals surface area contributed by atoms with Gasteiger partial charge in [0, 0.05) is 0 Å². The van der Waals surface area contributed by atoms with Crippen molar-refractivity contribution in [3.63, 3.8) is 0 Å². The molecule has 0 amide bonds. The van der Waals surface area contributed by atoms with Gasteiger partial charge in [-0.1, -0.05) is 36.5 Å². The third-order valence-electron chi connectivity index (χ3n) is 1.40. The van der Waals surface area contributed by atoms with Crippen LogP contribution < -0.4 is 4.74 Å². The lowest BCUT2D eigenvalue weighted by atomic mass is 10.3. The Morgan fingerprint density at radius 2 is 2.00 bits per heavy atom. The highest BCUT2D eigenvalue weighted by molar-refractivity contribution is 8.13. The molecule has 1 aromatic carbocycles. The quantitative estimate of drug-likeness (QED) is 0.546. The summed E-state index contributed by atoms with van der Waals surface area (Å²) in [5, 5.41) is -0.149. The van der Waals surface area contributed by atoms with Crippen molar-refractivity contribution >= 4 is 16.9 Å². The van der Waals surface area contributed by atoms with Crippen molar-refractivity contribution in [1.82, 2.24) is 0 Å². The van der Waals surface area contributed by atoms with E-state index >= 15 is 0 Å². The van der Waals surface area contributed by atoms with Gasteiger partial charge in [0.2, 0.25) is 0 Å². The molecule has 0 aliphatic heterocycles. The molecule has 0 aliphatic carbocycles. The van der Waals surface area contributed by atoms with Crippen molar-refractivity contribution in [1.29, 1.82) is 0 Å². The minimum absolute atomic E-state index is 0.149. The molecule has 0 N–H and O–H groups in total. The Balaban J connectivity index is 2.60. The zero-order chi connectivity index (χ0) is 9.68. The first-order chi connectivity index (χ1) is 6.24. The van der Waals surface area contributed by atoms with Crippen molar-refractivity contribution < 1.29 is 9.53 Å². The van der Waals surface area contributed by atoms with E-state index in [2.05, 4.69) is 6.58 Å². The maximum absolute atomic E-state index is 11.1. The Kier molecular flexibility index (Phi) is 3.58. The largest absolute Gasteiger partial charge is 0.453 e. The molecule has 1 rings (SSSR count). The molecule has 2 nitrogen and oxygen atoms in total. The maximum atomic E-state index is 11.1. The molecule has 0 atom stereocenters. The van der Waals surface area contributed by atoms with Crippen LogP contribution in [0.3, 0.4) is 0 Å². The molecule has 0 saturated heterocycles. The van der Waals surface area contributed by atoms with Crippen LogP contribution in [0.25, 0.3) is 0 Å². The lowest BCUT2D eigenvalue weighted by Crippen LogP contribution is -2.02. The summed E-state index contributed by atoms with van der Waals surface area (Å²) in [5.74, 6) is 0.800. The highest BCUT2D eigenvalue weighted by Gasteiger charge is 2.06. The number of rotatable bonds is 3. The minimum atomic E-state index is -0.149. The van der Waals surface area contributed by atoms with Crippen LogP contribution in [0.4, 0.5) is 0 Å². The van der Waals surface area contributed by atoms with Gasteiger partial charge >= 0.3 is 0 Å². The van der Waals surface area contributed by atoms with Gasteiger partial charge < -0.3 is 4.74 Å². The van der Waals surface area contributed by atoms with Gasteiger partial charge in [0.05, 0.1) is 0 Å². The molecule has 0 bridgehead atoms. The van der Waals surface area contributed by atoms with Gasteiger partial charge in [-0.25, -0.2) is 0 Å². The van der Waals surface area contributed by atoms with E-state index in [1.165, 1.54) is 0 Å². The number of hydrogen-bond acceptors (Lipinski definition) is 3. The molecule has 0 unspecified atom stereocenters. The molecule has 0 radical (unpaired) electrons. The van der Waals surface area contributed by atoms with E-state index in [9.17, 15) is 4.79 Å². The summed E-state index contributed by atoms with van der Waals surface area (Å²) in [4.78, 5) is 11.1. The second kappa shape index (κ2) is 4.72. The van der Waals surface area contributed by atoms with Crippen LogP contribution in [-0.2, 0) is 4.79 Å². The van der Waals surface area contributed by atoms with Gasteiger partial charge in [-0.05, 0) is 18.4 Å². The van der Waals surface area contributed by atoms with E-state index in [4.69, 9.17) is 4.74 Å². The normalized spacial score (nSPS) is 9.31. The number of ether oxygens (including phenoxy) is 1. The molecule has 0 heterocycles. The van der Waals surface area contributed by atoms with Gasteiger partial charge in [0.15, 0.2) is 5.76 Å². The fraction of sp³-hybridized carbons (Fsp3) is 0.100. The lowest BCUT2D eigenvalue weighted by molar-refractivity contribution is -0.109. The van der Waals surface area contributed by atoms with E-state index in [0.717, 1.165) is 11.8 Å². The van der Waals surface area contributed by atoms with E-state index < -0.39 is 0 Å². The standard InChI is InChI=1S/C10H10O2S/c1-8(10(11)13-2)12-9-6-4-3-5-7-9/h3-7H,1H2,2H3. The highest BCUT2D eigenvalue weighted by atomic mass is 32.2. The third kappa shape index (κ3) is 2.95. The van der Waals surface area contributed by atoms with Crippen LogP contribution in [0.15, 0.2) is 42.7 Å². The molecule has 0 aliphatic rings. The fourth-order valence-electron chi connectivity index (χ4n) is 0.786. The minimum Gasteiger partial charge on any atom is -0.453 e. The zero-order valence-corrected chi connectivity index (χ0v) is 8.14. The van der Waals surface area contributed by atoms with Crippen LogP contribution in [0.5, 0.6) is 5.75 Å². The number of para-hydroxylation sites is 1. The van der Waals surface area contributed by atoms with Gasteiger partial charge in [0.1, 0.15) is 5.75 Å². The summed E-state index contributed by atoms with van der Waals surface area (Å²) in [6.45, 7) is 3.53. The predicted octanol–water partition coefficient (Wildman–Crippen LogP) is 2.47. The van der Waals surface area contributed by atoms with Crippen LogP contribution >= 0.6 is 11.8 Å². The second-order valence-corrected chi connectivity index (χ2v) is 3.11. The topological polar surface area (TPSA) is 26.3 Å². The van der Waals surface area contributed by atoms with Gasteiger partial charge in [0.25, 0.3) is 5.12 Å². The van der Waals surface area contributed by atoms with Crippen molar-refractivity contribution in [2.45, 2.75) is 0 Å². The zero-order valence-electron chi connectivity index (χ0n) is 7.32. The smallest absolute Gasteiger partial charge is 0.253 e. The molecule has 3 heteroatoms. The number of benzene rings is 1. The number of thioether (sulfide) groups is 1. The summed E-state index contributed by atoms with van der Waals surface area (Å²) in [7, 11) is 0. The third-order valence-corrected chi connectivity index (χ3v) is 2.00. The molecule has 13 heavy (non-hydrogen) atoms. The maximum Gasteiger partial charge on any atom is 0.253 e. The van der Waals surface area contributed by atoms with Gasteiger partial charge in [-0.3, -0.25) is 4.79 Å². The predicted molar refractivity (Wildman–Crippen MR) is 54.7 cm³/mol. The summed E-state index contributed by atoms with van der Waals surface area (Å²) < 4.78 is 5.20. The number of hydrogen-bond donors (Lipinski definition) is 0. The SMILES string of the molecule is C=C(Oc1ccccc1)C(=O)SC. The number of carbonyl (C=O) groups excluding carboxylic acids is 1. The van der Waals surface area contributed by atoms with Crippen LogP contribution in [-0.4, -0.2) is 11.4 Å². The molecule has 0 spiro atoms. The van der Waals surface area contributed by atoms with Crippen LogP contribution in [0.1, 0.15) is 0 Å². The Morgan fingerprint density at radius 1 is 1.38 bits per heavy atom. The average molecular weight is 194 g/mol. The first-order valence-electron chi connectivity index (χ1n) is 3.74. The summed E-state index contributed by atoms with van der Waals surface area (Å²) in [6, 6.07) is 9.11. The van der Waals surface area contributed by atoms with Crippen molar-refractivity contribution in [2.75, 3.05) is 6.26 Å². The van der Waals surface area contributed by atoms with Crippen molar-refractivity contribution in [3.8, 4) is 5.75 Å². The first-order valence-corrected chi connectivity index (χ1v) is 4.96. The molecular formula is C10H10O2S. The van der Waals surface area contributed by atoms with Gasteiger partial charge in [-0.2, -0.15) is 0 Å². The van der Waals surface area contributed by atoms with Crippen LogP contribution in [0, 0.1) is 0 Å². The summed E-state index contributed by atoms with van der Waals surface area (Å²) in [6.07, 6.45) is 1.70. The molecule has 68 valence electrons. The van der Waals surface area contributed by atoms with Crippen molar-refractivity contribution in [2.24, 2.45) is 0 Å². The Hall–Kier alpha value is -1.22. The van der Waals surface area contributed by atoms with Crippen molar-refractivity contribution in [3.05, 3.63) is 42.7 Å². The lowest BCUT2D eigenvalue weighted by Gasteiger charge is -2.04. The second-order valence-electron chi connectivity index (χ2n) is 2.33. The first kappa shape index (κ1) is 9.86. The van der Waals surface area contributed by atoms with Gasteiger partial charge in [-0.15, -0.1) is 0 Å². The van der Waals surface area contributed by atoms with Crippen LogP contribution in [0.2, 0.25) is 0 Å². The van der Waals surface area contributed by atoms with E-state index in [1.54, 1.807) is 18.4 Å². The summed E-state index contributed by atoms with van der Waals surface area (Å²) >= 11 is 1.09. The Morgan fingerprint density at radius 3 is 2.54 bits per heavy atom. The van der Waals surface area contributed by atoms with E-state index in [0.29, 0.717) is 5.75 Å². The average Bonchev–Trinajstić information content (AvgIpc) is 2.18. The molecule has 0 fully saturated rings. The molecule has 0 saturated carbocycles. The Bertz CT molecular complexity index is 306.